The van der Waals surface area contributed by atoms with Crippen LogP contribution in [-0.2, 0) is 9.59 Å². The van der Waals surface area contributed by atoms with Crippen molar-refractivity contribution >= 4 is 11.8 Å². The third kappa shape index (κ3) is 1.72. The maximum absolute atomic E-state index is 11.3. The van der Waals surface area contributed by atoms with Crippen molar-refractivity contribution in [2.24, 2.45) is 5.92 Å². The second-order valence-electron chi connectivity index (χ2n) is 3.35. The second kappa shape index (κ2) is 3.61. The van der Waals surface area contributed by atoms with Gasteiger partial charge in [-0.05, 0) is 13.8 Å². The van der Waals surface area contributed by atoms with Crippen molar-refractivity contribution in [2.45, 2.75) is 32.7 Å². The third-order valence-electron chi connectivity index (χ3n) is 2.48. The molecule has 70 valence electrons. The molecular formula is C10H13NO2. The first kappa shape index (κ1) is 9.79. The van der Waals surface area contributed by atoms with Crippen molar-refractivity contribution in [3.05, 3.63) is 0 Å². The van der Waals surface area contributed by atoms with E-state index >= 15 is 0 Å². The van der Waals surface area contributed by atoms with Crippen LogP contribution < -0.4 is 0 Å². The molecule has 1 rings (SSSR count). The lowest BCUT2D eigenvalue weighted by atomic mass is 10.0. The predicted molar refractivity (Wildman–Crippen MR) is 48.5 cm³/mol. The van der Waals surface area contributed by atoms with Gasteiger partial charge >= 0.3 is 0 Å². The highest BCUT2D eigenvalue weighted by atomic mass is 16.2. The zero-order valence-corrected chi connectivity index (χ0v) is 7.91. The zero-order chi connectivity index (χ0) is 10.0. The van der Waals surface area contributed by atoms with Crippen molar-refractivity contribution in [2.75, 3.05) is 0 Å². The molecule has 1 aliphatic heterocycles. The number of carbonyl (C=O) groups is 2. The summed E-state index contributed by atoms with van der Waals surface area (Å²) in [6.07, 6.45) is 5.90. The molecule has 0 aliphatic carbocycles. The van der Waals surface area contributed by atoms with Crippen molar-refractivity contribution in [3.63, 3.8) is 0 Å². The summed E-state index contributed by atoms with van der Waals surface area (Å²) in [5.41, 5.74) is 0. The molecule has 0 aromatic carbocycles. The summed E-state index contributed by atoms with van der Waals surface area (Å²) in [6.45, 7) is 3.65. The minimum absolute atomic E-state index is 0.0778. The van der Waals surface area contributed by atoms with Gasteiger partial charge in [-0.25, -0.2) is 0 Å². The average Bonchev–Trinajstić information content (AvgIpc) is 2.44. The standard InChI is InChI=1S/C10H13NO2/c1-4-7(2)8(3)11-9(12)5-6-10(11)13/h1,7-8H,5-6H2,2-3H3. The molecule has 0 bridgehead atoms. The van der Waals surface area contributed by atoms with Gasteiger partial charge in [0.15, 0.2) is 0 Å². The average molecular weight is 179 g/mol. The molecule has 1 saturated heterocycles. The van der Waals surface area contributed by atoms with Gasteiger partial charge in [0.25, 0.3) is 0 Å². The highest BCUT2D eigenvalue weighted by Gasteiger charge is 2.34. The summed E-state index contributed by atoms with van der Waals surface area (Å²) in [7, 11) is 0. The Morgan fingerprint density at radius 1 is 1.31 bits per heavy atom. The summed E-state index contributed by atoms with van der Waals surface area (Å²) < 4.78 is 0. The predicted octanol–water partition coefficient (Wildman–Crippen LogP) is 0.793. The normalized spacial score (nSPS) is 21.5. The van der Waals surface area contributed by atoms with Crippen LogP contribution in [0.2, 0.25) is 0 Å². The molecule has 3 heteroatoms. The third-order valence-corrected chi connectivity index (χ3v) is 2.48. The molecule has 0 radical (unpaired) electrons. The Bertz CT molecular complexity index is 261. The molecule has 1 heterocycles. The van der Waals surface area contributed by atoms with E-state index in [-0.39, 0.29) is 23.8 Å². The number of imide groups is 1. The molecule has 0 N–H and O–H groups in total. The van der Waals surface area contributed by atoms with Crippen molar-refractivity contribution < 1.29 is 9.59 Å². The fourth-order valence-electron chi connectivity index (χ4n) is 1.41. The first-order valence-electron chi connectivity index (χ1n) is 4.39. The van der Waals surface area contributed by atoms with Gasteiger partial charge in [0.2, 0.25) is 11.8 Å². The Morgan fingerprint density at radius 3 is 2.15 bits per heavy atom. The molecule has 13 heavy (non-hydrogen) atoms. The molecule has 0 aromatic heterocycles. The van der Waals surface area contributed by atoms with Crippen molar-refractivity contribution in [1.29, 1.82) is 0 Å². The molecule has 2 amide bonds. The fourth-order valence-corrected chi connectivity index (χ4v) is 1.41. The van der Waals surface area contributed by atoms with E-state index in [9.17, 15) is 9.59 Å². The second-order valence-corrected chi connectivity index (χ2v) is 3.35. The topological polar surface area (TPSA) is 37.4 Å². The molecule has 0 aromatic rings. The quantitative estimate of drug-likeness (QED) is 0.464. The first-order valence-corrected chi connectivity index (χ1v) is 4.39. The van der Waals surface area contributed by atoms with E-state index in [0.29, 0.717) is 12.8 Å². The van der Waals surface area contributed by atoms with Crippen LogP contribution >= 0.6 is 0 Å². The summed E-state index contributed by atoms with van der Waals surface area (Å²) >= 11 is 0. The lowest BCUT2D eigenvalue weighted by molar-refractivity contribution is -0.141. The number of nitrogens with zero attached hydrogens (tertiary/aromatic N) is 1. The lowest BCUT2D eigenvalue weighted by Gasteiger charge is -2.24. The summed E-state index contributed by atoms with van der Waals surface area (Å²) in [4.78, 5) is 23.9. The minimum Gasteiger partial charge on any atom is -0.279 e. The van der Waals surface area contributed by atoms with E-state index in [2.05, 4.69) is 5.92 Å². The van der Waals surface area contributed by atoms with Gasteiger partial charge in [0.1, 0.15) is 0 Å². The van der Waals surface area contributed by atoms with Gasteiger partial charge in [-0.2, -0.15) is 0 Å². The summed E-state index contributed by atoms with van der Waals surface area (Å²) in [6, 6.07) is -0.174. The number of terminal acetylenes is 1. The van der Waals surface area contributed by atoms with Gasteiger partial charge in [0, 0.05) is 18.8 Å². The van der Waals surface area contributed by atoms with E-state index in [0.717, 1.165) is 0 Å². The van der Waals surface area contributed by atoms with E-state index in [4.69, 9.17) is 6.42 Å². The highest BCUT2D eigenvalue weighted by Crippen LogP contribution is 2.19. The molecular weight excluding hydrogens is 166 g/mol. The van der Waals surface area contributed by atoms with Crippen LogP contribution in [0.25, 0.3) is 0 Å². The monoisotopic (exact) mass is 179 g/mol. The number of hydrogen-bond donors (Lipinski definition) is 0. The Balaban J connectivity index is 2.76. The molecule has 3 nitrogen and oxygen atoms in total. The maximum Gasteiger partial charge on any atom is 0.229 e. The van der Waals surface area contributed by atoms with Gasteiger partial charge in [-0.15, -0.1) is 12.3 Å². The van der Waals surface area contributed by atoms with Crippen LogP contribution in [-0.4, -0.2) is 22.8 Å². The molecule has 1 aliphatic rings. The van der Waals surface area contributed by atoms with E-state index < -0.39 is 0 Å². The van der Waals surface area contributed by atoms with Gasteiger partial charge < -0.3 is 0 Å². The molecule has 2 unspecified atom stereocenters. The van der Waals surface area contributed by atoms with Crippen molar-refractivity contribution in [3.8, 4) is 12.3 Å². The van der Waals surface area contributed by atoms with E-state index in [1.807, 2.05) is 13.8 Å². The van der Waals surface area contributed by atoms with Crippen LogP contribution in [0, 0.1) is 18.3 Å². The van der Waals surface area contributed by atoms with Gasteiger partial charge in [-0.1, -0.05) is 0 Å². The highest BCUT2D eigenvalue weighted by molar-refractivity contribution is 6.02. The fraction of sp³-hybridized carbons (Fsp3) is 0.600. The molecule has 0 saturated carbocycles. The Labute approximate surface area is 78.1 Å². The zero-order valence-electron chi connectivity index (χ0n) is 7.91. The minimum atomic E-state index is -0.174. The Hall–Kier alpha value is -1.30. The number of hydrogen-bond acceptors (Lipinski definition) is 2. The first-order chi connectivity index (χ1) is 6.07. The number of likely N-dealkylation sites (tertiary alicyclic amines) is 1. The molecule has 0 spiro atoms. The van der Waals surface area contributed by atoms with Crippen LogP contribution in [0.15, 0.2) is 0 Å². The molecule has 2 atom stereocenters. The SMILES string of the molecule is C#CC(C)C(C)N1C(=O)CCC1=O. The van der Waals surface area contributed by atoms with Crippen LogP contribution in [0.4, 0.5) is 0 Å². The Kier molecular flexibility index (Phi) is 2.72. The van der Waals surface area contributed by atoms with Crippen LogP contribution in [0.3, 0.4) is 0 Å². The lowest BCUT2D eigenvalue weighted by Crippen LogP contribution is -2.40. The van der Waals surface area contributed by atoms with E-state index in [1.165, 1.54) is 4.90 Å². The Morgan fingerprint density at radius 2 is 1.77 bits per heavy atom. The van der Waals surface area contributed by atoms with Gasteiger partial charge in [0.05, 0.1) is 6.04 Å². The largest absolute Gasteiger partial charge is 0.279 e. The van der Waals surface area contributed by atoms with Crippen LogP contribution in [0.5, 0.6) is 0 Å². The van der Waals surface area contributed by atoms with Crippen LogP contribution in [0.1, 0.15) is 26.7 Å². The number of amides is 2. The maximum atomic E-state index is 11.3. The van der Waals surface area contributed by atoms with Gasteiger partial charge in [-0.3, -0.25) is 14.5 Å². The number of carbonyl (C=O) groups excluding carboxylic acids is 2. The molecule has 1 fully saturated rings. The summed E-state index contributed by atoms with van der Waals surface area (Å²) in [5, 5.41) is 0. The van der Waals surface area contributed by atoms with Crippen molar-refractivity contribution in [1.82, 2.24) is 4.90 Å². The number of rotatable bonds is 2. The smallest absolute Gasteiger partial charge is 0.229 e. The van der Waals surface area contributed by atoms with E-state index in [1.54, 1.807) is 0 Å². The summed E-state index contributed by atoms with van der Waals surface area (Å²) in [5.74, 6) is 2.26.